The highest BCUT2D eigenvalue weighted by molar-refractivity contribution is 5.97. The number of morpholine rings is 1. The van der Waals surface area contributed by atoms with Crippen LogP contribution in [0, 0.1) is 18.6 Å². The number of nitrogens with zero attached hydrogens (tertiary/aromatic N) is 5. The van der Waals surface area contributed by atoms with E-state index in [4.69, 9.17) is 4.74 Å². The van der Waals surface area contributed by atoms with Crippen molar-refractivity contribution in [3.63, 3.8) is 0 Å². The Morgan fingerprint density at radius 2 is 1.86 bits per heavy atom. The van der Waals surface area contributed by atoms with Crippen LogP contribution in [0.4, 0.5) is 19.3 Å². The Balaban J connectivity index is 1.43. The Kier molecular flexibility index (Phi) is 8.65. The van der Waals surface area contributed by atoms with Gasteiger partial charge in [-0.1, -0.05) is 19.9 Å². The van der Waals surface area contributed by atoms with Crippen molar-refractivity contribution in [2.45, 2.75) is 64.7 Å². The molecule has 2 amide bonds. The molecular weight excluding hydrogens is 560 g/mol. The average molecular weight is 602 g/mol. The summed E-state index contributed by atoms with van der Waals surface area (Å²) in [7, 11) is 0. The maximum absolute atomic E-state index is 14.5. The third kappa shape index (κ3) is 6.18. The van der Waals surface area contributed by atoms with Gasteiger partial charge >= 0.3 is 6.09 Å². The van der Waals surface area contributed by atoms with Gasteiger partial charge in [-0.05, 0) is 32.4 Å². The number of pyridine rings is 1. The van der Waals surface area contributed by atoms with Gasteiger partial charge in [-0.25, -0.2) is 13.6 Å². The van der Waals surface area contributed by atoms with E-state index < -0.39 is 23.1 Å². The largest absolute Gasteiger partial charge is 0.465 e. The third-order valence-electron chi connectivity index (χ3n) is 9.16. The molecule has 5 rings (SSSR count). The lowest BCUT2D eigenvalue weighted by Crippen LogP contribution is -2.64. The predicted molar refractivity (Wildman–Crippen MR) is 158 cm³/mol. The summed E-state index contributed by atoms with van der Waals surface area (Å²) in [6, 6.07) is 2.97. The zero-order valence-electron chi connectivity index (χ0n) is 25.5. The van der Waals surface area contributed by atoms with Gasteiger partial charge in [0.25, 0.3) is 5.56 Å². The summed E-state index contributed by atoms with van der Waals surface area (Å²) < 4.78 is 34.9. The van der Waals surface area contributed by atoms with Gasteiger partial charge < -0.3 is 24.2 Å². The maximum Gasteiger partial charge on any atom is 0.407 e. The van der Waals surface area contributed by atoms with Crippen LogP contribution in [0.2, 0.25) is 0 Å². The number of carbonyl (C=O) groups is 2. The Bertz CT molecular complexity index is 1460. The van der Waals surface area contributed by atoms with Gasteiger partial charge in [0, 0.05) is 79.7 Å². The molecule has 2 fully saturated rings. The van der Waals surface area contributed by atoms with Crippen molar-refractivity contribution in [1.82, 2.24) is 19.3 Å². The molecule has 2 saturated heterocycles. The fraction of sp³-hybridized carbons (Fsp3) is 0.581. The molecule has 12 heteroatoms. The molecule has 0 spiro atoms. The first-order valence-corrected chi connectivity index (χ1v) is 14.8. The predicted octanol–water partition coefficient (Wildman–Crippen LogP) is 2.88. The second-order valence-corrected chi connectivity index (χ2v) is 12.8. The van der Waals surface area contributed by atoms with E-state index in [1.807, 2.05) is 20.8 Å². The number of aromatic nitrogens is 1. The topological polar surface area (TPSA) is 98.6 Å². The number of piperazine rings is 1. The zero-order chi connectivity index (χ0) is 31.2. The van der Waals surface area contributed by atoms with E-state index >= 15 is 0 Å². The molecule has 1 N–H and O–H groups in total. The molecule has 10 nitrogen and oxygen atoms in total. The van der Waals surface area contributed by atoms with E-state index in [-0.39, 0.29) is 54.8 Å². The minimum Gasteiger partial charge on any atom is -0.465 e. The number of amides is 2. The number of halogens is 2. The molecule has 1 aromatic carbocycles. The van der Waals surface area contributed by atoms with Gasteiger partial charge in [0.2, 0.25) is 5.91 Å². The summed E-state index contributed by atoms with van der Waals surface area (Å²) in [4.78, 5) is 46.9. The van der Waals surface area contributed by atoms with Crippen molar-refractivity contribution in [2.75, 3.05) is 57.4 Å². The maximum atomic E-state index is 14.5. The number of fused-ring (bicyclic) bond motifs is 1. The Morgan fingerprint density at radius 1 is 1.12 bits per heavy atom. The fourth-order valence-electron chi connectivity index (χ4n) is 6.88. The highest BCUT2D eigenvalue weighted by atomic mass is 19.1. The Labute approximate surface area is 250 Å². The number of hydrogen-bond acceptors (Lipinski definition) is 6. The molecule has 234 valence electrons. The summed E-state index contributed by atoms with van der Waals surface area (Å²) in [5.74, 6) is -1.59. The molecule has 3 aliphatic rings. The molecule has 3 atom stereocenters. The lowest BCUT2D eigenvalue weighted by atomic mass is 9.85. The molecule has 4 heterocycles. The van der Waals surface area contributed by atoms with Crippen LogP contribution in [0.25, 0.3) is 0 Å². The quantitative estimate of drug-likeness (QED) is 0.544. The number of carbonyl (C=O) groups excluding carboxylic acids is 1. The highest BCUT2D eigenvalue weighted by Crippen LogP contribution is 2.41. The van der Waals surface area contributed by atoms with Crippen LogP contribution < -0.4 is 10.5 Å². The van der Waals surface area contributed by atoms with Crippen molar-refractivity contribution < 1.29 is 28.2 Å². The van der Waals surface area contributed by atoms with Gasteiger partial charge in [-0.2, -0.15) is 0 Å². The van der Waals surface area contributed by atoms with Gasteiger partial charge in [-0.15, -0.1) is 0 Å². The van der Waals surface area contributed by atoms with Gasteiger partial charge in [0.15, 0.2) is 0 Å². The summed E-state index contributed by atoms with van der Waals surface area (Å²) in [6.07, 6.45) is 0.637. The van der Waals surface area contributed by atoms with Gasteiger partial charge in [-0.3, -0.25) is 19.4 Å². The molecular formula is C31H41F2N5O5. The molecule has 0 unspecified atom stereocenters. The first kappa shape index (κ1) is 31.1. The van der Waals surface area contributed by atoms with E-state index in [1.165, 1.54) is 15.5 Å². The van der Waals surface area contributed by atoms with Crippen LogP contribution in [0.1, 0.15) is 44.4 Å². The van der Waals surface area contributed by atoms with Crippen molar-refractivity contribution in [1.29, 1.82) is 0 Å². The number of carboxylic acid groups (broad SMARTS) is 1. The van der Waals surface area contributed by atoms with Crippen LogP contribution in [-0.4, -0.2) is 107 Å². The van der Waals surface area contributed by atoms with Crippen molar-refractivity contribution in [3.05, 3.63) is 63.1 Å². The van der Waals surface area contributed by atoms with Crippen molar-refractivity contribution >= 4 is 17.7 Å². The smallest absolute Gasteiger partial charge is 0.407 e. The van der Waals surface area contributed by atoms with Crippen molar-refractivity contribution in [3.8, 4) is 0 Å². The summed E-state index contributed by atoms with van der Waals surface area (Å²) in [5.41, 5.74) is 1.26. The minimum absolute atomic E-state index is 0.0848. The Morgan fingerprint density at radius 3 is 2.53 bits per heavy atom. The third-order valence-corrected chi connectivity index (χ3v) is 9.16. The normalized spacial score (nSPS) is 24.3. The molecule has 43 heavy (non-hydrogen) atoms. The Hall–Kier alpha value is -3.35. The average Bonchev–Trinajstić information content (AvgIpc) is 3.21. The van der Waals surface area contributed by atoms with Crippen LogP contribution >= 0.6 is 0 Å². The van der Waals surface area contributed by atoms with Gasteiger partial charge in [0.05, 0.1) is 32.0 Å². The van der Waals surface area contributed by atoms with Crippen LogP contribution in [0.5, 0.6) is 0 Å². The number of ether oxygens (including phenoxy) is 1. The molecule has 2 aromatic rings. The zero-order valence-corrected chi connectivity index (χ0v) is 25.5. The fourth-order valence-corrected chi connectivity index (χ4v) is 6.88. The highest BCUT2D eigenvalue weighted by Gasteiger charge is 2.43. The molecule has 0 saturated carbocycles. The second kappa shape index (κ2) is 12.0. The SMILES string of the molecule is Cc1c2c(cn(Cc3ccc(F)cc3F)c1=O)N(C(=O)CN1C[C@@H](C)N(C(=O)O)C[C@@H]1CN1CCOC[C@H]1C)CC2(C)C. The van der Waals surface area contributed by atoms with E-state index in [2.05, 4.69) is 16.7 Å². The summed E-state index contributed by atoms with van der Waals surface area (Å²) in [5, 5.41) is 9.83. The lowest BCUT2D eigenvalue weighted by Gasteiger charge is -2.47. The molecule has 0 radical (unpaired) electrons. The minimum atomic E-state index is -0.972. The van der Waals surface area contributed by atoms with E-state index in [0.29, 0.717) is 44.1 Å². The first-order valence-electron chi connectivity index (χ1n) is 14.8. The van der Waals surface area contributed by atoms with Gasteiger partial charge in [0.1, 0.15) is 11.6 Å². The number of rotatable bonds is 6. The monoisotopic (exact) mass is 601 g/mol. The van der Waals surface area contributed by atoms with Crippen molar-refractivity contribution in [2.24, 2.45) is 0 Å². The summed E-state index contributed by atoms with van der Waals surface area (Å²) in [6.45, 7) is 13.3. The number of benzene rings is 1. The molecule has 3 aliphatic heterocycles. The molecule has 1 aromatic heterocycles. The number of anilines is 1. The van der Waals surface area contributed by atoms with E-state index in [1.54, 1.807) is 18.0 Å². The first-order chi connectivity index (χ1) is 20.3. The lowest BCUT2D eigenvalue weighted by molar-refractivity contribution is -0.121. The van der Waals surface area contributed by atoms with Crippen LogP contribution in [-0.2, 0) is 21.5 Å². The van der Waals surface area contributed by atoms with Crippen LogP contribution in [0.15, 0.2) is 29.2 Å². The van der Waals surface area contributed by atoms with E-state index in [9.17, 15) is 28.3 Å². The second-order valence-electron chi connectivity index (χ2n) is 12.8. The van der Waals surface area contributed by atoms with E-state index in [0.717, 1.165) is 24.2 Å². The standard InChI is InChI=1S/C31H41F2N5O5/c1-19-11-35(24(14-37(19)30(41)42)13-34-8-9-43-17-20(34)2)16-27(39)38-18-31(4,5)28-21(3)29(40)36(15-26(28)38)12-22-6-7-23(32)10-25(22)33/h6-7,10,15,19-20,24H,8-9,11-14,16-18H2,1-5H3,(H,41,42)/t19-,20-,24+/m1/s1. The van der Waals surface area contributed by atoms with Crippen LogP contribution in [0.3, 0.4) is 0 Å². The molecule has 0 bridgehead atoms. The number of hydrogen-bond donors (Lipinski definition) is 1. The summed E-state index contributed by atoms with van der Waals surface area (Å²) >= 11 is 0. The molecule has 0 aliphatic carbocycles.